The van der Waals surface area contributed by atoms with Gasteiger partial charge < -0.3 is 14.8 Å². The summed E-state index contributed by atoms with van der Waals surface area (Å²) in [4.78, 5) is 22.5. The number of alkyl carbamates (subject to hydrolysis) is 1. The molecule has 0 aromatic carbocycles. The van der Waals surface area contributed by atoms with E-state index in [0.717, 1.165) is 44.1 Å². The molecule has 1 rings (SSSR count). The highest BCUT2D eigenvalue weighted by molar-refractivity contribution is 5.69. The first-order chi connectivity index (χ1) is 12.2. The largest absolute Gasteiger partial charge is 0.469 e. The second kappa shape index (κ2) is 14.2. The highest BCUT2D eigenvalue weighted by atomic mass is 16.5. The monoisotopic (exact) mass is 351 g/mol. The molecule has 25 heavy (non-hydrogen) atoms. The molecule has 7 nitrogen and oxygen atoms in total. The summed E-state index contributed by atoms with van der Waals surface area (Å²) in [5, 5.41) is 10.1. The zero-order valence-corrected chi connectivity index (χ0v) is 15.0. The van der Waals surface area contributed by atoms with E-state index in [4.69, 9.17) is 4.74 Å². The second-order valence-corrected chi connectivity index (χ2v) is 5.91. The number of aromatic nitrogens is 2. The molecule has 1 heterocycles. The van der Waals surface area contributed by atoms with Crippen LogP contribution >= 0.6 is 0 Å². The van der Waals surface area contributed by atoms with E-state index in [1.165, 1.54) is 20.0 Å². The number of hydrogen-bond acceptors (Lipinski definition) is 6. The topological polar surface area (TPSA) is 90.4 Å². The maximum Gasteiger partial charge on any atom is 0.407 e. The third-order valence-electron chi connectivity index (χ3n) is 3.82. The Morgan fingerprint density at radius 1 is 1.00 bits per heavy atom. The first-order valence-corrected chi connectivity index (χ1v) is 8.95. The molecule has 1 aromatic rings. The highest BCUT2D eigenvalue weighted by Crippen LogP contribution is 2.09. The van der Waals surface area contributed by atoms with E-state index in [0.29, 0.717) is 13.0 Å². The van der Waals surface area contributed by atoms with Gasteiger partial charge in [-0.25, -0.2) is 4.79 Å². The molecule has 140 valence electrons. The summed E-state index contributed by atoms with van der Waals surface area (Å²) in [6.45, 7) is 0.837. The minimum absolute atomic E-state index is 0.122. The molecular formula is C18H29N3O4. The maximum atomic E-state index is 11.5. The number of hydrogen-bond donors (Lipinski definition) is 1. The Morgan fingerprint density at radius 3 is 2.32 bits per heavy atom. The van der Waals surface area contributed by atoms with Gasteiger partial charge in [0.15, 0.2) is 0 Å². The van der Waals surface area contributed by atoms with Gasteiger partial charge in [0.1, 0.15) is 6.61 Å². The Hall–Kier alpha value is -2.18. The number of carbonyl (C=O) groups excluding carboxylic acids is 2. The van der Waals surface area contributed by atoms with Gasteiger partial charge in [0.2, 0.25) is 0 Å². The van der Waals surface area contributed by atoms with Gasteiger partial charge in [-0.15, -0.1) is 0 Å². The van der Waals surface area contributed by atoms with E-state index in [-0.39, 0.29) is 12.6 Å². The van der Waals surface area contributed by atoms with Crippen molar-refractivity contribution in [2.75, 3.05) is 13.7 Å². The van der Waals surface area contributed by atoms with Crippen LogP contribution in [0.25, 0.3) is 0 Å². The van der Waals surface area contributed by atoms with E-state index in [2.05, 4.69) is 20.3 Å². The van der Waals surface area contributed by atoms with E-state index in [9.17, 15) is 9.59 Å². The third kappa shape index (κ3) is 11.9. The lowest BCUT2D eigenvalue weighted by Crippen LogP contribution is -2.25. The fraction of sp³-hybridized carbons (Fsp3) is 0.667. The van der Waals surface area contributed by atoms with E-state index in [1.807, 2.05) is 0 Å². The van der Waals surface area contributed by atoms with Crippen LogP contribution < -0.4 is 5.32 Å². The van der Waals surface area contributed by atoms with Crippen molar-refractivity contribution >= 4 is 12.1 Å². The Labute approximate surface area is 149 Å². The zero-order valence-electron chi connectivity index (χ0n) is 15.0. The van der Waals surface area contributed by atoms with Crippen molar-refractivity contribution in [3.05, 3.63) is 24.0 Å². The Kier molecular flexibility index (Phi) is 11.8. The fourth-order valence-corrected chi connectivity index (χ4v) is 2.35. The number of unbranched alkanes of at least 4 members (excludes halogenated alkanes) is 7. The molecule has 1 aromatic heterocycles. The van der Waals surface area contributed by atoms with Gasteiger partial charge in [-0.2, -0.15) is 10.2 Å². The second-order valence-electron chi connectivity index (χ2n) is 5.91. The highest BCUT2D eigenvalue weighted by Gasteiger charge is 2.02. The minimum atomic E-state index is -0.401. The van der Waals surface area contributed by atoms with Gasteiger partial charge >= 0.3 is 12.1 Å². The van der Waals surface area contributed by atoms with Crippen LogP contribution in [-0.2, 0) is 20.9 Å². The van der Waals surface area contributed by atoms with Crippen LogP contribution in [0.3, 0.4) is 0 Å². The summed E-state index contributed by atoms with van der Waals surface area (Å²) in [5.41, 5.74) is 0.816. The number of carbonyl (C=O) groups is 2. The summed E-state index contributed by atoms with van der Waals surface area (Å²) in [7, 11) is 1.43. The number of nitrogens with zero attached hydrogens (tertiary/aromatic N) is 2. The molecule has 0 unspecified atom stereocenters. The van der Waals surface area contributed by atoms with Gasteiger partial charge in [-0.1, -0.05) is 38.5 Å². The van der Waals surface area contributed by atoms with E-state index < -0.39 is 6.09 Å². The van der Waals surface area contributed by atoms with Crippen molar-refractivity contribution < 1.29 is 19.1 Å². The van der Waals surface area contributed by atoms with Crippen molar-refractivity contribution in [2.45, 2.75) is 64.4 Å². The van der Waals surface area contributed by atoms with Crippen LogP contribution in [0.1, 0.15) is 63.4 Å². The lowest BCUT2D eigenvalue weighted by molar-refractivity contribution is -0.140. The van der Waals surface area contributed by atoms with Gasteiger partial charge in [-0.3, -0.25) is 4.79 Å². The number of amides is 1. The van der Waals surface area contributed by atoms with Crippen molar-refractivity contribution in [1.29, 1.82) is 0 Å². The van der Waals surface area contributed by atoms with E-state index in [1.54, 1.807) is 18.5 Å². The Morgan fingerprint density at radius 2 is 1.68 bits per heavy atom. The van der Waals surface area contributed by atoms with Crippen LogP contribution in [0.15, 0.2) is 18.5 Å². The predicted molar refractivity (Wildman–Crippen MR) is 93.8 cm³/mol. The third-order valence-corrected chi connectivity index (χ3v) is 3.82. The minimum Gasteiger partial charge on any atom is -0.469 e. The summed E-state index contributed by atoms with van der Waals surface area (Å²) < 4.78 is 9.69. The Bertz CT molecular complexity index is 482. The number of methoxy groups -OCH3 is 1. The van der Waals surface area contributed by atoms with Crippen LogP contribution in [0.4, 0.5) is 4.79 Å². The first-order valence-electron chi connectivity index (χ1n) is 8.95. The van der Waals surface area contributed by atoms with E-state index >= 15 is 0 Å². The normalized spacial score (nSPS) is 10.3. The van der Waals surface area contributed by atoms with Crippen LogP contribution in [0.2, 0.25) is 0 Å². The molecule has 0 bridgehead atoms. The molecule has 0 aliphatic rings. The SMILES string of the molecule is COC(=O)CCCCCCCCCCNC(=O)OCc1ccnnc1. The molecule has 0 saturated heterocycles. The lowest BCUT2D eigenvalue weighted by atomic mass is 10.1. The smallest absolute Gasteiger partial charge is 0.407 e. The molecule has 7 heteroatoms. The lowest BCUT2D eigenvalue weighted by Gasteiger charge is -2.06. The number of rotatable bonds is 13. The predicted octanol–water partition coefficient (Wildman–Crippen LogP) is 3.39. The summed E-state index contributed by atoms with van der Waals surface area (Å²) >= 11 is 0. The molecule has 0 aliphatic carbocycles. The van der Waals surface area contributed by atoms with Crippen LogP contribution in [-0.4, -0.2) is 35.9 Å². The molecule has 0 spiro atoms. The molecular weight excluding hydrogens is 322 g/mol. The van der Waals surface area contributed by atoms with Gasteiger partial charge in [0.25, 0.3) is 0 Å². The van der Waals surface area contributed by atoms with Crippen molar-refractivity contribution in [3.63, 3.8) is 0 Å². The molecule has 1 amide bonds. The van der Waals surface area contributed by atoms with Crippen LogP contribution in [0, 0.1) is 0 Å². The molecule has 1 N–H and O–H groups in total. The number of ether oxygens (including phenoxy) is 2. The summed E-state index contributed by atoms with van der Waals surface area (Å²) in [5.74, 6) is -0.122. The molecule has 0 saturated carbocycles. The van der Waals surface area contributed by atoms with Gasteiger partial charge in [0.05, 0.1) is 13.3 Å². The fourth-order valence-electron chi connectivity index (χ4n) is 2.35. The summed E-state index contributed by atoms with van der Waals surface area (Å²) in [6, 6.07) is 1.76. The van der Waals surface area contributed by atoms with Crippen molar-refractivity contribution in [3.8, 4) is 0 Å². The van der Waals surface area contributed by atoms with Gasteiger partial charge in [-0.05, 0) is 18.9 Å². The maximum absolute atomic E-state index is 11.5. The molecule has 0 aliphatic heterocycles. The number of nitrogens with one attached hydrogen (secondary N) is 1. The van der Waals surface area contributed by atoms with Gasteiger partial charge in [0, 0.05) is 24.7 Å². The average Bonchev–Trinajstić information content (AvgIpc) is 2.65. The molecule has 0 atom stereocenters. The summed E-state index contributed by atoms with van der Waals surface area (Å²) in [6.07, 6.45) is 12.0. The quantitative estimate of drug-likeness (QED) is 0.433. The first kappa shape index (κ1) is 20.9. The van der Waals surface area contributed by atoms with Crippen molar-refractivity contribution in [1.82, 2.24) is 15.5 Å². The van der Waals surface area contributed by atoms with Crippen LogP contribution in [0.5, 0.6) is 0 Å². The standard InChI is InChI=1S/C18H29N3O4/c1-24-17(22)10-8-6-4-2-3-5-7-9-12-19-18(23)25-15-16-11-13-20-21-14-16/h11,13-14H,2-10,12,15H2,1H3,(H,19,23). The Balaban J connectivity index is 1.83. The van der Waals surface area contributed by atoms with Crippen molar-refractivity contribution in [2.24, 2.45) is 0 Å². The average molecular weight is 351 g/mol. The number of esters is 1. The zero-order chi connectivity index (χ0) is 18.2. The molecule has 0 radical (unpaired) electrons. The molecule has 0 fully saturated rings.